The van der Waals surface area contributed by atoms with Gasteiger partial charge in [0.05, 0.1) is 22.3 Å². The smallest absolute Gasteiger partial charge is 0.292 e. The van der Waals surface area contributed by atoms with Crippen molar-refractivity contribution in [3.05, 3.63) is 64.7 Å². The number of fused-ring (bicyclic) bond motifs is 1. The van der Waals surface area contributed by atoms with Gasteiger partial charge in [0.1, 0.15) is 11.5 Å². The molecule has 2 aromatic carbocycles. The van der Waals surface area contributed by atoms with Crippen LogP contribution in [0.4, 0.5) is 15.8 Å². The summed E-state index contributed by atoms with van der Waals surface area (Å²) < 4.78 is 15.3. The number of hydrogen-bond donors (Lipinski definition) is 1. The van der Waals surface area contributed by atoms with Gasteiger partial charge in [-0.05, 0) is 24.6 Å². The zero-order valence-electron chi connectivity index (χ0n) is 12.3. The lowest BCUT2D eigenvalue weighted by Gasteiger charge is -2.08. The van der Waals surface area contributed by atoms with E-state index in [1.54, 1.807) is 6.33 Å². The average molecular weight is 314 g/mol. The minimum atomic E-state index is -0.523. The van der Waals surface area contributed by atoms with Crippen LogP contribution in [0.5, 0.6) is 0 Å². The molecule has 6 nitrogen and oxygen atoms in total. The summed E-state index contributed by atoms with van der Waals surface area (Å²) in [5.74, 6) is -0.501. The molecule has 118 valence electrons. The third kappa shape index (κ3) is 3.28. The highest BCUT2D eigenvalue weighted by atomic mass is 19.1. The van der Waals surface area contributed by atoms with Gasteiger partial charge in [-0.3, -0.25) is 10.1 Å². The zero-order valence-corrected chi connectivity index (χ0v) is 12.3. The zero-order chi connectivity index (χ0) is 16.2. The fraction of sp³-hybridized carbons (Fsp3) is 0.188. The molecular weight excluding hydrogens is 299 g/mol. The highest BCUT2D eigenvalue weighted by Gasteiger charge is 2.13. The Labute approximate surface area is 131 Å². The van der Waals surface area contributed by atoms with E-state index in [0.29, 0.717) is 6.54 Å². The number of anilines is 1. The van der Waals surface area contributed by atoms with Gasteiger partial charge in [-0.1, -0.05) is 12.1 Å². The molecule has 7 heteroatoms. The van der Waals surface area contributed by atoms with Crippen LogP contribution >= 0.6 is 0 Å². The molecule has 1 aromatic heterocycles. The van der Waals surface area contributed by atoms with Gasteiger partial charge in [0, 0.05) is 25.2 Å². The number of nitrogens with one attached hydrogen (secondary N) is 1. The van der Waals surface area contributed by atoms with Crippen molar-refractivity contribution in [1.29, 1.82) is 0 Å². The molecule has 0 unspecified atom stereocenters. The van der Waals surface area contributed by atoms with Crippen molar-refractivity contribution in [3.63, 3.8) is 0 Å². The summed E-state index contributed by atoms with van der Waals surface area (Å²) in [6.45, 7) is 1.22. The summed E-state index contributed by atoms with van der Waals surface area (Å²) in [5, 5.41) is 13.9. The largest absolute Gasteiger partial charge is 0.379 e. The third-order valence-electron chi connectivity index (χ3n) is 3.57. The van der Waals surface area contributed by atoms with E-state index in [-0.39, 0.29) is 11.4 Å². The maximum Gasteiger partial charge on any atom is 0.292 e. The van der Waals surface area contributed by atoms with E-state index in [1.807, 2.05) is 28.8 Å². The van der Waals surface area contributed by atoms with Gasteiger partial charge in [-0.15, -0.1) is 0 Å². The molecule has 1 N–H and O–H groups in total. The number of nitro groups is 1. The van der Waals surface area contributed by atoms with E-state index in [0.717, 1.165) is 36.1 Å². The molecule has 0 aliphatic carbocycles. The number of aryl methyl sites for hydroxylation is 1. The Balaban J connectivity index is 1.62. The van der Waals surface area contributed by atoms with Gasteiger partial charge in [0.2, 0.25) is 0 Å². The Kier molecular flexibility index (Phi) is 4.18. The van der Waals surface area contributed by atoms with E-state index >= 15 is 0 Å². The number of nitrogens with zero attached hydrogens (tertiary/aromatic N) is 3. The van der Waals surface area contributed by atoms with E-state index in [1.165, 1.54) is 6.07 Å². The van der Waals surface area contributed by atoms with E-state index < -0.39 is 10.7 Å². The lowest BCUT2D eigenvalue weighted by Crippen LogP contribution is -2.08. The van der Waals surface area contributed by atoms with Gasteiger partial charge >= 0.3 is 0 Å². The molecule has 1 heterocycles. The first-order chi connectivity index (χ1) is 11.1. The summed E-state index contributed by atoms with van der Waals surface area (Å²) in [4.78, 5) is 14.7. The first kappa shape index (κ1) is 15.0. The molecule has 3 rings (SSSR count). The molecule has 0 saturated heterocycles. The Morgan fingerprint density at radius 2 is 2.09 bits per heavy atom. The normalized spacial score (nSPS) is 10.8. The molecule has 0 bridgehead atoms. The topological polar surface area (TPSA) is 73.0 Å². The van der Waals surface area contributed by atoms with Crippen LogP contribution in [0, 0.1) is 15.9 Å². The van der Waals surface area contributed by atoms with E-state index in [4.69, 9.17) is 0 Å². The Hall–Kier alpha value is -2.96. The van der Waals surface area contributed by atoms with Crippen molar-refractivity contribution in [2.24, 2.45) is 0 Å². The van der Waals surface area contributed by atoms with Crippen LogP contribution < -0.4 is 5.32 Å². The van der Waals surface area contributed by atoms with Gasteiger partial charge < -0.3 is 9.88 Å². The van der Waals surface area contributed by atoms with E-state index in [2.05, 4.69) is 10.3 Å². The monoisotopic (exact) mass is 314 g/mol. The second-order valence-electron chi connectivity index (χ2n) is 5.13. The number of aromatic nitrogens is 2. The number of benzene rings is 2. The summed E-state index contributed by atoms with van der Waals surface area (Å²) >= 11 is 0. The van der Waals surface area contributed by atoms with Gasteiger partial charge in [0.25, 0.3) is 5.69 Å². The molecule has 3 aromatic rings. The maximum atomic E-state index is 13.2. The Bertz CT molecular complexity index is 847. The van der Waals surface area contributed by atoms with E-state index in [9.17, 15) is 14.5 Å². The van der Waals surface area contributed by atoms with Crippen LogP contribution in [0.2, 0.25) is 0 Å². The quantitative estimate of drug-likeness (QED) is 0.429. The molecule has 0 aliphatic rings. The minimum absolute atomic E-state index is 0.125. The molecule has 0 aliphatic heterocycles. The lowest BCUT2D eigenvalue weighted by atomic mass is 10.2. The number of nitro benzene ring substituents is 1. The second kappa shape index (κ2) is 6.43. The predicted octanol–water partition coefficient (Wildman–Crippen LogP) is 3.59. The van der Waals surface area contributed by atoms with Crippen LogP contribution in [0.25, 0.3) is 11.0 Å². The van der Waals surface area contributed by atoms with Crippen LogP contribution in [-0.2, 0) is 6.54 Å². The minimum Gasteiger partial charge on any atom is -0.379 e. The predicted molar refractivity (Wildman–Crippen MR) is 85.9 cm³/mol. The SMILES string of the molecule is O=[N+]([O-])c1ccc(F)cc1NCCCn1cnc2ccccc21. The van der Waals surface area contributed by atoms with Crippen molar-refractivity contribution in [2.45, 2.75) is 13.0 Å². The summed E-state index contributed by atoms with van der Waals surface area (Å²) in [5.41, 5.74) is 2.05. The summed E-state index contributed by atoms with van der Waals surface area (Å²) in [6, 6.07) is 11.2. The van der Waals surface area contributed by atoms with Gasteiger partial charge in [0.15, 0.2) is 0 Å². The van der Waals surface area contributed by atoms with Crippen molar-refractivity contribution in [2.75, 3.05) is 11.9 Å². The molecule has 0 radical (unpaired) electrons. The molecule has 0 atom stereocenters. The highest BCUT2D eigenvalue weighted by Crippen LogP contribution is 2.24. The molecule has 0 saturated carbocycles. The van der Waals surface area contributed by atoms with Crippen molar-refractivity contribution in [1.82, 2.24) is 9.55 Å². The Morgan fingerprint density at radius 3 is 2.91 bits per heavy atom. The maximum absolute atomic E-state index is 13.2. The molecule has 0 spiro atoms. The first-order valence-electron chi connectivity index (χ1n) is 7.23. The van der Waals surface area contributed by atoms with Crippen LogP contribution in [0.1, 0.15) is 6.42 Å². The molecular formula is C16H15FN4O2. The molecule has 0 fully saturated rings. The Morgan fingerprint density at radius 1 is 1.26 bits per heavy atom. The fourth-order valence-electron chi connectivity index (χ4n) is 2.47. The highest BCUT2D eigenvalue weighted by molar-refractivity contribution is 5.74. The molecule has 0 amide bonds. The standard InChI is InChI=1S/C16H15FN4O2/c17-12-6-7-16(21(22)23)14(10-12)18-8-3-9-20-11-19-13-4-1-2-5-15(13)20/h1-2,4-7,10-11,18H,3,8-9H2. The van der Waals surface area contributed by atoms with Crippen LogP contribution in [0.3, 0.4) is 0 Å². The number of imidazole rings is 1. The number of para-hydroxylation sites is 2. The van der Waals surface area contributed by atoms with Gasteiger partial charge in [-0.25, -0.2) is 9.37 Å². The van der Waals surface area contributed by atoms with Crippen molar-refractivity contribution in [3.8, 4) is 0 Å². The van der Waals surface area contributed by atoms with Crippen LogP contribution in [-0.4, -0.2) is 21.0 Å². The molecule has 23 heavy (non-hydrogen) atoms. The third-order valence-corrected chi connectivity index (χ3v) is 3.57. The van der Waals surface area contributed by atoms with Crippen LogP contribution in [0.15, 0.2) is 48.8 Å². The van der Waals surface area contributed by atoms with Crippen molar-refractivity contribution >= 4 is 22.4 Å². The first-order valence-corrected chi connectivity index (χ1v) is 7.23. The van der Waals surface area contributed by atoms with Gasteiger partial charge in [-0.2, -0.15) is 0 Å². The number of rotatable bonds is 6. The van der Waals surface area contributed by atoms with Crippen molar-refractivity contribution < 1.29 is 9.31 Å². The average Bonchev–Trinajstić information content (AvgIpc) is 2.94. The fourth-order valence-corrected chi connectivity index (χ4v) is 2.47. The number of hydrogen-bond acceptors (Lipinski definition) is 4. The lowest BCUT2D eigenvalue weighted by molar-refractivity contribution is -0.384. The second-order valence-corrected chi connectivity index (χ2v) is 5.13. The summed E-state index contributed by atoms with van der Waals surface area (Å²) in [7, 11) is 0. The number of halogens is 1. The summed E-state index contributed by atoms with van der Waals surface area (Å²) in [6.07, 6.45) is 2.50.